The molecule has 1 amide bonds. The van der Waals surface area contributed by atoms with E-state index >= 15 is 0 Å². The summed E-state index contributed by atoms with van der Waals surface area (Å²) in [5.74, 6) is -0.137. The van der Waals surface area contributed by atoms with E-state index in [1.54, 1.807) is 25.4 Å². The third kappa shape index (κ3) is 9.02. The molecular formula is C45H43Cl2N7O6. The van der Waals surface area contributed by atoms with Crippen LogP contribution in [0.3, 0.4) is 0 Å². The number of likely N-dealkylation sites (tertiary alicyclic amines) is 1. The third-order valence-corrected chi connectivity index (χ3v) is 11.9. The first-order valence-electron chi connectivity index (χ1n) is 19.9. The molecule has 3 aliphatic rings. The Morgan fingerprint density at radius 3 is 2.60 bits per heavy atom. The number of carboxylic acid groups (broad SMARTS) is 1. The molecule has 13 nitrogen and oxygen atoms in total. The highest BCUT2D eigenvalue weighted by Crippen LogP contribution is 2.45. The van der Waals surface area contributed by atoms with Crippen LogP contribution in [-0.2, 0) is 35.7 Å². The normalized spacial score (nSPS) is 18.5. The monoisotopic (exact) mass is 847 g/mol. The van der Waals surface area contributed by atoms with Crippen LogP contribution in [0.1, 0.15) is 65.2 Å². The Labute approximate surface area is 357 Å². The van der Waals surface area contributed by atoms with Gasteiger partial charge >= 0.3 is 5.97 Å². The molecule has 2 aliphatic heterocycles. The van der Waals surface area contributed by atoms with Crippen LogP contribution in [0.5, 0.6) is 17.6 Å². The van der Waals surface area contributed by atoms with Crippen LogP contribution in [0.25, 0.3) is 22.4 Å². The number of nitrogens with one attached hydrogen (secondary N) is 2. The first-order valence-corrected chi connectivity index (χ1v) is 20.7. The maximum Gasteiger partial charge on any atom is 0.307 e. The first kappa shape index (κ1) is 41.0. The molecule has 3 N–H and O–H groups in total. The molecule has 0 spiro atoms. The van der Waals surface area contributed by atoms with E-state index in [0.717, 1.165) is 46.2 Å². The zero-order valence-electron chi connectivity index (χ0n) is 32.9. The second kappa shape index (κ2) is 18.2. The fourth-order valence-electron chi connectivity index (χ4n) is 8.22. The van der Waals surface area contributed by atoms with Crippen LogP contribution in [0.2, 0.25) is 10.0 Å². The van der Waals surface area contributed by atoms with Crippen LogP contribution >= 0.6 is 23.2 Å². The van der Waals surface area contributed by atoms with E-state index in [1.807, 2.05) is 41.3 Å². The second-order valence-electron chi connectivity index (χ2n) is 15.3. The Bertz CT molecular complexity index is 2480. The molecule has 3 atom stereocenters. The SMILES string of the molecule is COc1nc(-c2cccc(-c3cccc4c3CC[C@@H]4Oc3nc(OCc4cncc(C#N)c4)c(CN4CC[C@@H](C(=O)O)C4)cc3Cl)c2Cl)ccc1CNC[C@@H]1CCC(=O)N1. The van der Waals surface area contributed by atoms with Gasteiger partial charge in [-0.2, -0.15) is 10.2 Å². The van der Waals surface area contributed by atoms with Crippen molar-refractivity contribution in [3.63, 3.8) is 0 Å². The molecule has 0 bridgehead atoms. The average Bonchev–Trinajstić information content (AvgIpc) is 4.02. The van der Waals surface area contributed by atoms with Crippen molar-refractivity contribution in [3.05, 3.63) is 116 Å². The smallest absolute Gasteiger partial charge is 0.307 e. The number of fused-ring (bicyclic) bond motifs is 1. The zero-order valence-corrected chi connectivity index (χ0v) is 34.4. The quantitative estimate of drug-likeness (QED) is 0.0961. The average molecular weight is 849 g/mol. The van der Waals surface area contributed by atoms with Crippen LogP contribution < -0.4 is 24.8 Å². The van der Waals surface area contributed by atoms with Gasteiger partial charge in [-0.25, -0.2) is 4.98 Å². The number of halogens is 2. The fourth-order valence-corrected chi connectivity index (χ4v) is 8.76. The number of pyridine rings is 3. The minimum atomic E-state index is -0.810. The number of carbonyl (C=O) groups excluding carboxylic acids is 1. The predicted molar refractivity (Wildman–Crippen MR) is 225 cm³/mol. The Balaban J connectivity index is 1.02. The highest BCUT2D eigenvalue weighted by molar-refractivity contribution is 6.36. The van der Waals surface area contributed by atoms with Gasteiger partial charge in [0.2, 0.25) is 23.5 Å². The van der Waals surface area contributed by atoms with Crippen molar-refractivity contribution in [3.8, 4) is 46.1 Å². The number of ether oxygens (including phenoxy) is 3. The topological polar surface area (TPSA) is 172 Å². The Morgan fingerprint density at radius 2 is 1.82 bits per heavy atom. The maximum absolute atomic E-state index is 11.7. The predicted octanol–water partition coefficient (Wildman–Crippen LogP) is 7.31. The number of hydrogen-bond donors (Lipinski definition) is 3. The molecule has 8 rings (SSSR count). The molecule has 0 saturated carbocycles. The minimum Gasteiger partial charge on any atom is -0.481 e. The van der Waals surface area contributed by atoms with Gasteiger partial charge in [0.25, 0.3) is 0 Å². The molecule has 15 heteroatoms. The molecule has 2 fully saturated rings. The van der Waals surface area contributed by atoms with Crippen molar-refractivity contribution in [2.45, 2.75) is 63.9 Å². The van der Waals surface area contributed by atoms with Gasteiger partial charge in [0.05, 0.1) is 29.3 Å². The zero-order chi connectivity index (χ0) is 41.8. The summed E-state index contributed by atoms with van der Waals surface area (Å²) in [6.45, 7) is 2.72. The highest BCUT2D eigenvalue weighted by Gasteiger charge is 2.31. The van der Waals surface area contributed by atoms with E-state index in [0.29, 0.717) is 96.2 Å². The van der Waals surface area contributed by atoms with E-state index < -0.39 is 11.9 Å². The first-order chi connectivity index (χ1) is 29.2. The number of hydrogen-bond acceptors (Lipinski definition) is 11. The van der Waals surface area contributed by atoms with Crippen molar-refractivity contribution in [1.29, 1.82) is 5.26 Å². The molecule has 5 aromatic rings. The number of aliphatic carboxylic acids is 1. The summed E-state index contributed by atoms with van der Waals surface area (Å²) in [5.41, 5.74) is 8.14. The van der Waals surface area contributed by atoms with Gasteiger partial charge in [-0.3, -0.25) is 19.5 Å². The molecule has 5 heterocycles. The second-order valence-corrected chi connectivity index (χ2v) is 16.1. The Hall–Kier alpha value is -5.78. The molecular weight excluding hydrogens is 805 g/mol. The van der Waals surface area contributed by atoms with Crippen LogP contribution in [0.4, 0.5) is 0 Å². The van der Waals surface area contributed by atoms with E-state index in [-0.39, 0.29) is 30.5 Å². The van der Waals surface area contributed by atoms with E-state index in [9.17, 15) is 20.0 Å². The summed E-state index contributed by atoms with van der Waals surface area (Å²) >= 11 is 14.1. The van der Waals surface area contributed by atoms with Gasteiger partial charge in [0.15, 0.2) is 0 Å². The molecule has 0 unspecified atom stereocenters. The summed E-state index contributed by atoms with van der Waals surface area (Å²) in [6, 6.07) is 21.7. The van der Waals surface area contributed by atoms with Crippen LogP contribution in [0.15, 0.2) is 73.1 Å². The summed E-state index contributed by atoms with van der Waals surface area (Å²) in [4.78, 5) is 39.1. The maximum atomic E-state index is 11.7. The summed E-state index contributed by atoms with van der Waals surface area (Å²) in [5, 5.41) is 26.2. The van der Waals surface area contributed by atoms with Gasteiger partial charge in [0, 0.05) is 78.9 Å². The molecule has 2 saturated heterocycles. The van der Waals surface area contributed by atoms with Crippen LogP contribution in [-0.4, -0.2) is 69.6 Å². The highest BCUT2D eigenvalue weighted by atomic mass is 35.5. The van der Waals surface area contributed by atoms with Crippen LogP contribution in [0, 0.1) is 17.2 Å². The van der Waals surface area contributed by atoms with Gasteiger partial charge in [-0.05, 0) is 67.1 Å². The molecule has 308 valence electrons. The molecule has 2 aromatic carbocycles. The molecule has 1 aliphatic carbocycles. The van der Waals surface area contributed by atoms with E-state index in [2.05, 4.69) is 33.8 Å². The molecule has 0 radical (unpaired) electrons. The third-order valence-electron chi connectivity index (χ3n) is 11.3. The van der Waals surface area contributed by atoms with E-state index in [4.69, 9.17) is 47.4 Å². The summed E-state index contributed by atoms with van der Waals surface area (Å²) in [7, 11) is 1.60. The Morgan fingerprint density at radius 1 is 0.983 bits per heavy atom. The summed E-state index contributed by atoms with van der Waals surface area (Å²) < 4.78 is 18.5. The number of rotatable bonds is 15. The number of aromatic nitrogens is 3. The van der Waals surface area contributed by atoms with Crippen molar-refractivity contribution in [1.82, 2.24) is 30.5 Å². The van der Waals surface area contributed by atoms with Gasteiger partial charge in [-0.1, -0.05) is 65.7 Å². The van der Waals surface area contributed by atoms with Crippen molar-refractivity contribution in [2.75, 3.05) is 26.7 Å². The minimum absolute atomic E-state index is 0.0899. The number of carboxylic acids is 1. The number of nitriles is 1. The number of carbonyl (C=O) groups is 2. The van der Waals surface area contributed by atoms with Gasteiger partial charge in [-0.15, -0.1) is 0 Å². The lowest BCUT2D eigenvalue weighted by molar-refractivity contribution is -0.141. The Kier molecular flexibility index (Phi) is 12.5. The number of benzene rings is 2. The number of nitrogens with zero attached hydrogens (tertiary/aromatic N) is 5. The number of methoxy groups -OCH3 is 1. The lowest BCUT2D eigenvalue weighted by atomic mass is 9.94. The molecule has 60 heavy (non-hydrogen) atoms. The largest absolute Gasteiger partial charge is 0.481 e. The van der Waals surface area contributed by atoms with Gasteiger partial charge < -0.3 is 30.0 Å². The van der Waals surface area contributed by atoms with E-state index in [1.165, 1.54) is 6.20 Å². The standard InChI is InChI=1S/C45H43Cl2N7O6/c1-58-42-28(21-50-22-31-9-13-40(55)51-31)8-11-38(52-42)36-7-3-6-35(41(36)47)32-4-2-5-34-33(32)10-12-39(34)60-44-37(46)17-30(24-54-15-14-29(23-54)45(56)57)43(53-44)59-25-27-16-26(18-48)19-49-20-27/h2-8,11,16-17,19-20,29,31,39,50H,9-10,12-15,21-25H2,1H3,(H,51,55)(H,56,57)/t29-,31+,39+/m1/s1. The van der Waals surface area contributed by atoms with Gasteiger partial charge in [0.1, 0.15) is 23.8 Å². The van der Waals surface area contributed by atoms with Crippen molar-refractivity contribution >= 4 is 35.1 Å². The summed E-state index contributed by atoms with van der Waals surface area (Å²) in [6.07, 6.45) is 6.11. The van der Waals surface area contributed by atoms with Crippen molar-refractivity contribution in [2.24, 2.45) is 5.92 Å². The number of amides is 1. The lowest BCUT2D eigenvalue weighted by Crippen LogP contribution is -2.35. The fraction of sp³-hybridized carbons (Fsp3) is 0.333. The lowest BCUT2D eigenvalue weighted by Gasteiger charge is -2.21. The van der Waals surface area contributed by atoms with Crippen molar-refractivity contribution < 1.29 is 28.9 Å². The molecule has 3 aromatic heterocycles.